The summed E-state index contributed by atoms with van der Waals surface area (Å²) < 4.78 is 33.3. The van der Waals surface area contributed by atoms with Crippen molar-refractivity contribution in [1.29, 1.82) is 0 Å². The van der Waals surface area contributed by atoms with E-state index in [1.54, 1.807) is 0 Å². The first-order chi connectivity index (χ1) is 10.4. The molecule has 0 aliphatic carbocycles. The maximum atomic E-state index is 11.2. The van der Waals surface area contributed by atoms with E-state index in [2.05, 4.69) is 11.0 Å². The minimum absolute atomic E-state index is 0.204. The highest BCUT2D eigenvalue weighted by Crippen LogP contribution is 2.25. The normalized spacial score (nSPS) is 15.9. The summed E-state index contributed by atoms with van der Waals surface area (Å²) in [5, 5.41) is 4.85. The fraction of sp³-hybridized carbons (Fsp3) is 0.333. The number of hydrogen-bond donors (Lipinski definition) is 1. The first kappa shape index (κ1) is 15.1. The number of hydrogen-bond acceptors (Lipinski definition) is 5. The van der Waals surface area contributed by atoms with Gasteiger partial charge in [-0.2, -0.15) is 0 Å². The number of rotatable bonds is 3. The molecule has 0 saturated heterocycles. The van der Waals surface area contributed by atoms with Crippen molar-refractivity contribution in [3.63, 3.8) is 0 Å². The first-order valence-corrected chi connectivity index (χ1v) is 8.51. The maximum absolute atomic E-state index is 11.2. The van der Waals surface area contributed by atoms with Gasteiger partial charge in [-0.15, -0.1) is 0 Å². The second-order valence-corrected chi connectivity index (χ2v) is 6.98. The van der Waals surface area contributed by atoms with Crippen molar-refractivity contribution in [2.24, 2.45) is 5.14 Å². The van der Waals surface area contributed by atoms with Gasteiger partial charge in [0.05, 0.1) is 6.26 Å². The average molecular weight is 322 g/mol. The van der Waals surface area contributed by atoms with E-state index in [9.17, 15) is 8.42 Å². The number of furan rings is 1. The lowest BCUT2D eigenvalue weighted by Crippen LogP contribution is -2.25. The van der Waals surface area contributed by atoms with E-state index in [0.29, 0.717) is 13.2 Å². The Hall–Kier alpha value is -1.83. The van der Waals surface area contributed by atoms with Crippen molar-refractivity contribution in [2.75, 3.05) is 13.2 Å². The number of benzene rings is 1. The zero-order valence-corrected chi connectivity index (χ0v) is 13.1. The molecule has 1 aromatic heterocycles. The van der Waals surface area contributed by atoms with E-state index >= 15 is 0 Å². The van der Waals surface area contributed by atoms with Gasteiger partial charge in [-0.05, 0) is 13.0 Å². The van der Waals surface area contributed by atoms with Gasteiger partial charge >= 0.3 is 0 Å². The molecule has 1 aliphatic rings. The number of sulfonamides is 1. The Balaban J connectivity index is 1.77. The number of primary sulfonamides is 1. The van der Waals surface area contributed by atoms with E-state index in [1.165, 1.54) is 17.9 Å². The second-order valence-electron chi connectivity index (χ2n) is 5.49. The zero-order valence-electron chi connectivity index (χ0n) is 12.3. The summed E-state index contributed by atoms with van der Waals surface area (Å²) in [5.41, 5.74) is 3.09. The molecular formula is C15H18N2O4S. The highest BCUT2D eigenvalue weighted by atomic mass is 32.2. The van der Waals surface area contributed by atoms with Crippen LogP contribution in [0.3, 0.4) is 0 Å². The maximum Gasteiger partial charge on any atom is 0.271 e. The molecule has 118 valence electrons. The van der Waals surface area contributed by atoms with E-state index in [1.807, 2.05) is 19.1 Å². The zero-order chi connectivity index (χ0) is 15.7. The Bertz CT molecular complexity index is 783. The summed E-state index contributed by atoms with van der Waals surface area (Å²) >= 11 is 0. The van der Waals surface area contributed by atoms with Gasteiger partial charge in [0.1, 0.15) is 12.4 Å². The van der Waals surface area contributed by atoms with Crippen LogP contribution < -0.4 is 9.88 Å². The highest BCUT2D eigenvalue weighted by molar-refractivity contribution is 7.89. The number of nitrogens with zero attached hydrogens (tertiary/aromatic N) is 1. The summed E-state index contributed by atoms with van der Waals surface area (Å²) in [6.45, 7) is 4.71. The van der Waals surface area contributed by atoms with Crippen LogP contribution in [0.15, 0.2) is 40.0 Å². The Labute approximate surface area is 129 Å². The highest BCUT2D eigenvalue weighted by Gasteiger charge is 2.18. The molecule has 3 rings (SSSR count). The molecule has 1 aliphatic heterocycles. The number of fused-ring (bicyclic) bond motifs is 1. The van der Waals surface area contributed by atoms with Crippen LogP contribution in [-0.4, -0.2) is 26.5 Å². The van der Waals surface area contributed by atoms with Gasteiger partial charge in [-0.1, -0.05) is 17.7 Å². The fourth-order valence-corrected chi connectivity index (χ4v) is 3.05. The van der Waals surface area contributed by atoms with Crippen LogP contribution in [0, 0.1) is 6.92 Å². The smallest absolute Gasteiger partial charge is 0.271 e. The molecule has 0 unspecified atom stereocenters. The van der Waals surface area contributed by atoms with Gasteiger partial charge in [0.15, 0.2) is 0 Å². The van der Waals surface area contributed by atoms with Crippen molar-refractivity contribution in [2.45, 2.75) is 25.1 Å². The van der Waals surface area contributed by atoms with Gasteiger partial charge in [0.2, 0.25) is 5.09 Å². The van der Waals surface area contributed by atoms with Gasteiger partial charge < -0.3 is 9.15 Å². The summed E-state index contributed by atoms with van der Waals surface area (Å²) in [5.74, 6) is 0.908. The number of ether oxygens (including phenoxy) is 1. The van der Waals surface area contributed by atoms with Crippen LogP contribution in [0.2, 0.25) is 0 Å². The summed E-state index contributed by atoms with van der Waals surface area (Å²) in [6, 6.07) is 7.60. The van der Waals surface area contributed by atoms with Crippen LogP contribution in [0.5, 0.6) is 5.75 Å². The van der Waals surface area contributed by atoms with Crippen molar-refractivity contribution in [3.8, 4) is 5.75 Å². The minimum atomic E-state index is -3.79. The molecule has 22 heavy (non-hydrogen) atoms. The first-order valence-electron chi connectivity index (χ1n) is 6.97. The fourth-order valence-electron chi connectivity index (χ4n) is 2.56. The third-order valence-electron chi connectivity index (χ3n) is 3.59. The van der Waals surface area contributed by atoms with Gasteiger partial charge in [-0.25, -0.2) is 13.6 Å². The molecule has 6 nitrogen and oxygen atoms in total. The van der Waals surface area contributed by atoms with Crippen LogP contribution >= 0.6 is 0 Å². The largest absolute Gasteiger partial charge is 0.492 e. The van der Waals surface area contributed by atoms with Crippen molar-refractivity contribution >= 4 is 10.0 Å². The Morgan fingerprint density at radius 3 is 2.86 bits per heavy atom. The topological polar surface area (TPSA) is 85.8 Å². The lowest BCUT2D eigenvalue weighted by atomic mass is 10.1. The molecule has 2 heterocycles. The van der Waals surface area contributed by atoms with Crippen LogP contribution in [-0.2, 0) is 23.1 Å². The second kappa shape index (κ2) is 5.75. The predicted octanol–water partition coefficient (Wildman–Crippen LogP) is 1.63. The Morgan fingerprint density at radius 1 is 1.32 bits per heavy atom. The minimum Gasteiger partial charge on any atom is -0.492 e. The van der Waals surface area contributed by atoms with Crippen molar-refractivity contribution in [1.82, 2.24) is 4.90 Å². The van der Waals surface area contributed by atoms with E-state index in [-0.39, 0.29) is 5.09 Å². The third-order valence-corrected chi connectivity index (χ3v) is 4.37. The Kier molecular flexibility index (Phi) is 3.94. The summed E-state index contributed by atoms with van der Waals surface area (Å²) in [6.07, 6.45) is 1.43. The Morgan fingerprint density at radius 2 is 2.14 bits per heavy atom. The molecular weight excluding hydrogens is 304 g/mol. The van der Waals surface area contributed by atoms with E-state index in [0.717, 1.165) is 30.0 Å². The molecule has 0 saturated carbocycles. The molecule has 0 fully saturated rings. The predicted molar refractivity (Wildman–Crippen MR) is 80.9 cm³/mol. The lowest BCUT2D eigenvalue weighted by molar-refractivity contribution is 0.219. The monoisotopic (exact) mass is 322 g/mol. The lowest BCUT2D eigenvalue weighted by Gasteiger charge is -2.18. The average Bonchev–Trinajstić information content (AvgIpc) is 2.81. The van der Waals surface area contributed by atoms with E-state index < -0.39 is 10.0 Å². The third kappa shape index (κ3) is 3.32. The van der Waals surface area contributed by atoms with Crippen LogP contribution in [0.25, 0.3) is 0 Å². The summed E-state index contributed by atoms with van der Waals surface area (Å²) in [4.78, 5) is 2.18. The van der Waals surface area contributed by atoms with Crippen molar-refractivity contribution < 1.29 is 17.6 Å². The molecule has 0 spiro atoms. The number of nitrogens with two attached hydrogens (primary N) is 1. The number of aryl methyl sites for hydroxylation is 1. The molecule has 2 aromatic rings. The molecule has 0 bridgehead atoms. The van der Waals surface area contributed by atoms with Crippen LogP contribution in [0.1, 0.15) is 16.7 Å². The molecule has 0 radical (unpaired) electrons. The molecule has 1 aromatic carbocycles. The van der Waals surface area contributed by atoms with Gasteiger partial charge in [0, 0.05) is 36.8 Å². The van der Waals surface area contributed by atoms with Crippen LogP contribution in [0.4, 0.5) is 0 Å². The SMILES string of the molecule is Cc1ccc2c(c1)CN(Cc1coc(S(N)(=O)=O)c1)CCO2. The van der Waals surface area contributed by atoms with E-state index in [4.69, 9.17) is 14.3 Å². The standard InChI is InChI=1S/C15H18N2O4S/c1-11-2-3-14-13(6-11)9-17(4-5-20-14)8-12-7-15(21-10-12)22(16,18)19/h2-3,6-7,10H,4-5,8-9H2,1H3,(H2,16,18,19). The van der Waals surface area contributed by atoms with Gasteiger partial charge in [-0.3, -0.25) is 4.90 Å². The molecule has 7 heteroatoms. The van der Waals surface area contributed by atoms with Crippen molar-refractivity contribution in [3.05, 3.63) is 47.2 Å². The van der Waals surface area contributed by atoms with Gasteiger partial charge in [0.25, 0.3) is 10.0 Å². The summed E-state index contributed by atoms with van der Waals surface area (Å²) in [7, 11) is -3.79. The molecule has 2 N–H and O–H groups in total. The molecule has 0 atom stereocenters. The quantitative estimate of drug-likeness (QED) is 0.928. The molecule has 0 amide bonds.